The largest absolute Gasteiger partial charge is 0.491 e. The van der Waals surface area contributed by atoms with Gasteiger partial charge in [0.1, 0.15) is 18.5 Å². The van der Waals surface area contributed by atoms with E-state index in [1.54, 1.807) is 6.92 Å². The van der Waals surface area contributed by atoms with Gasteiger partial charge in [-0.2, -0.15) is 0 Å². The van der Waals surface area contributed by atoms with Crippen molar-refractivity contribution >= 4 is 11.7 Å². The van der Waals surface area contributed by atoms with Crippen molar-refractivity contribution in [1.29, 1.82) is 0 Å². The molecule has 1 atom stereocenters. The summed E-state index contributed by atoms with van der Waals surface area (Å²) in [5.41, 5.74) is 1.05. The maximum Gasteiger partial charge on any atom is 0.307 e. The van der Waals surface area contributed by atoms with Crippen molar-refractivity contribution in [3.63, 3.8) is 0 Å². The average Bonchev–Trinajstić information content (AvgIpc) is 2.72. The van der Waals surface area contributed by atoms with Crippen LogP contribution in [0.25, 0.3) is 0 Å². The molecule has 29 heavy (non-hydrogen) atoms. The smallest absolute Gasteiger partial charge is 0.307 e. The van der Waals surface area contributed by atoms with Crippen LogP contribution in [0.1, 0.15) is 18.9 Å². The van der Waals surface area contributed by atoms with E-state index in [2.05, 4.69) is 0 Å². The van der Waals surface area contributed by atoms with Crippen LogP contribution in [-0.4, -0.2) is 53.3 Å². The highest BCUT2D eigenvalue weighted by Crippen LogP contribution is 2.17. The number of carbonyl (C=O) groups is 1. The van der Waals surface area contributed by atoms with E-state index < -0.39 is 11.0 Å². The van der Waals surface area contributed by atoms with Crippen molar-refractivity contribution in [2.75, 3.05) is 26.3 Å². The second-order valence-electron chi connectivity index (χ2n) is 6.49. The highest BCUT2D eigenvalue weighted by molar-refractivity contribution is 5.69. The summed E-state index contributed by atoms with van der Waals surface area (Å²) in [6.07, 6.45) is -0.563. The van der Waals surface area contributed by atoms with Crippen molar-refractivity contribution in [2.24, 2.45) is 0 Å². The molecule has 0 saturated heterocycles. The zero-order valence-electron chi connectivity index (χ0n) is 16.4. The topological polar surface area (TPSA) is 102 Å². The molecule has 0 aromatic heterocycles. The van der Waals surface area contributed by atoms with Crippen LogP contribution in [0.3, 0.4) is 0 Å². The fourth-order valence-electron chi connectivity index (χ4n) is 2.77. The number of non-ortho nitro benzene ring substituents is 1. The van der Waals surface area contributed by atoms with E-state index in [4.69, 9.17) is 9.47 Å². The second kappa shape index (κ2) is 11.8. The van der Waals surface area contributed by atoms with Crippen LogP contribution in [0.4, 0.5) is 5.69 Å². The summed E-state index contributed by atoms with van der Waals surface area (Å²) < 4.78 is 10.5. The molecule has 0 aliphatic carbocycles. The summed E-state index contributed by atoms with van der Waals surface area (Å²) in [5.74, 6) is 0.165. The Balaban J connectivity index is 1.89. The molecule has 0 amide bonds. The molecule has 0 fully saturated rings. The number of hydrogen-bond acceptors (Lipinski definition) is 7. The van der Waals surface area contributed by atoms with Gasteiger partial charge in [0.05, 0.1) is 18.0 Å². The third-order valence-corrected chi connectivity index (χ3v) is 4.15. The van der Waals surface area contributed by atoms with Crippen molar-refractivity contribution in [3.8, 4) is 5.75 Å². The highest BCUT2D eigenvalue weighted by atomic mass is 16.6. The van der Waals surface area contributed by atoms with E-state index in [1.165, 1.54) is 24.3 Å². The van der Waals surface area contributed by atoms with Gasteiger partial charge in [-0.05, 0) is 24.6 Å². The summed E-state index contributed by atoms with van der Waals surface area (Å²) in [6, 6.07) is 15.5. The number of hydrogen-bond donors (Lipinski definition) is 1. The highest BCUT2D eigenvalue weighted by Gasteiger charge is 2.15. The van der Waals surface area contributed by atoms with E-state index in [0.29, 0.717) is 32.0 Å². The lowest BCUT2D eigenvalue weighted by atomic mass is 10.2. The molecule has 2 aromatic rings. The maximum atomic E-state index is 11.7. The molecule has 1 unspecified atom stereocenters. The van der Waals surface area contributed by atoms with Gasteiger partial charge in [-0.15, -0.1) is 0 Å². The Morgan fingerprint density at radius 3 is 2.48 bits per heavy atom. The minimum absolute atomic E-state index is 0.0223. The number of rotatable bonds is 12. The standard InChI is InChI=1S/C21H26N2O6/c1-2-28-21(25)12-13-22(14-17-6-4-3-5-7-17)15-19(24)16-29-20-10-8-18(9-11-20)23(26)27/h3-11,19,24H,2,12-16H2,1H3. The lowest BCUT2D eigenvalue weighted by Gasteiger charge is -2.25. The quantitative estimate of drug-likeness (QED) is 0.331. The van der Waals surface area contributed by atoms with Crippen LogP contribution < -0.4 is 4.74 Å². The normalized spacial score (nSPS) is 11.8. The first-order valence-corrected chi connectivity index (χ1v) is 9.45. The molecule has 0 heterocycles. The van der Waals surface area contributed by atoms with E-state index in [9.17, 15) is 20.0 Å². The molecule has 0 saturated carbocycles. The van der Waals surface area contributed by atoms with Crippen molar-refractivity contribution < 1.29 is 24.3 Å². The summed E-state index contributed by atoms with van der Waals surface area (Å²) in [5, 5.41) is 21.1. The molecular weight excluding hydrogens is 376 g/mol. The van der Waals surface area contributed by atoms with Crippen LogP contribution in [0.5, 0.6) is 5.75 Å². The number of aliphatic hydroxyl groups is 1. The SMILES string of the molecule is CCOC(=O)CCN(Cc1ccccc1)CC(O)COc1ccc([N+](=O)[O-])cc1. The van der Waals surface area contributed by atoms with Crippen molar-refractivity contribution in [1.82, 2.24) is 4.90 Å². The molecular formula is C21H26N2O6. The number of esters is 1. The second-order valence-corrected chi connectivity index (χ2v) is 6.49. The van der Waals surface area contributed by atoms with Gasteiger partial charge < -0.3 is 14.6 Å². The number of aliphatic hydroxyl groups excluding tert-OH is 1. The number of nitrogens with zero attached hydrogens (tertiary/aromatic N) is 2. The fourth-order valence-corrected chi connectivity index (χ4v) is 2.77. The fraction of sp³-hybridized carbons (Fsp3) is 0.381. The molecule has 8 heteroatoms. The first-order valence-electron chi connectivity index (χ1n) is 9.45. The van der Waals surface area contributed by atoms with Crippen molar-refractivity contribution in [3.05, 3.63) is 70.3 Å². The molecule has 156 valence electrons. The summed E-state index contributed by atoms with van der Waals surface area (Å²) in [7, 11) is 0. The first-order chi connectivity index (χ1) is 14.0. The van der Waals surface area contributed by atoms with Gasteiger partial charge >= 0.3 is 5.97 Å². The Labute approximate surface area is 169 Å². The lowest BCUT2D eigenvalue weighted by molar-refractivity contribution is -0.384. The molecule has 0 aliphatic rings. The van der Waals surface area contributed by atoms with E-state index in [0.717, 1.165) is 5.56 Å². The molecule has 8 nitrogen and oxygen atoms in total. The minimum Gasteiger partial charge on any atom is -0.491 e. The third-order valence-electron chi connectivity index (χ3n) is 4.15. The molecule has 0 spiro atoms. The number of ether oxygens (including phenoxy) is 2. The average molecular weight is 402 g/mol. The van der Waals surface area contributed by atoms with Gasteiger partial charge in [-0.1, -0.05) is 30.3 Å². The van der Waals surface area contributed by atoms with Crippen LogP contribution in [0.2, 0.25) is 0 Å². The predicted molar refractivity (Wildman–Crippen MR) is 108 cm³/mol. The van der Waals surface area contributed by atoms with Gasteiger partial charge in [0, 0.05) is 31.8 Å². The molecule has 1 N–H and O–H groups in total. The van der Waals surface area contributed by atoms with Crippen LogP contribution in [-0.2, 0) is 16.1 Å². The monoisotopic (exact) mass is 402 g/mol. The molecule has 2 aromatic carbocycles. The van der Waals surface area contributed by atoms with E-state index in [1.807, 2.05) is 35.2 Å². The summed E-state index contributed by atoms with van der Waals surface area (Å²) >= 11 is 0. The van der Waals surface area contributed by atoms with Crippen molar-refractivity contribution in [2.45, 2.75) is 26.0 Å². The van der Waals surface area contributed by atoms with Gasteiger partial charge in [0.2, 0.25) is 0 Å². The predicted octanol–water partition coefficient (Wildman–Crippen LogP) is 2.79. The number of nitro groups is 1. The Bertz CT molecular complexity index is 767. The lowest BCUT2D eigenvalue weighted by Crippen LogP contribution is -2.36. The van der Waals surface area contributed by atoms with Gasteiger partial charge in [0.15, 0.2) is 0 Å². The zero-order valence-corrected chi connectivity index (χ0v) is 16.4. The van der Waals surface area contributed by atoms with Gasteiger partial charge in [0.25, 0.3) is 5.69 Å². The molecule has 0 radical (unpaired) electrons. The van der Waals surface area contributed by atoms with Crippen LogP contribution >= 0.6 is 0 Å². The molecule has 0 bridgehead atoms. The van der Waals surface area contributed by atoms with Gasteiger partial charge in [-0.25, -0.2) is 0 Å². The van der Waals surface area contributed by atoms with Gasteiger partial charge in [-0.3, -0.25) is 19.8 Å². The number of nitro benzene ring substituents is 1. The Hall–Kier alpha value is -2.97. The molecule has 2 rings (SSSR count). The number of benzene rings is 2. The Morgan fingerprint density at radius 2 is 1.86 bits per heavy atom. The summed E-state index contributed by atoms with van der Waals surface area (Å²) in [4.78, 5) is 23.9. The first kappa shape index (κ1) is 22.3. The molecule has 0 aliphatic heterocycles. The maximum absolute atomic E-state index is 11.7. The van der Waals surface area contributed by atoms with E-state index in [-0.39, 0.29) is 24.7 Å². The number of carbonyl (C=O) groups excluding carboxylic acids is 1. The Kier molecular flexibility index (Phi) is 9.07. The summed E-state index contributed by atoms with van der Waals surface area (Å²) in [6.45, 7) is 3.46. The minimum atomic E-state index is -0.795. The zero-order chi connectivity index (χ0) is 21.1. The third kappa shape index (κ3) is 8.28. The van der Waals surface area contributed by atoms with E-state index >= 15 is 0 Å². The van der Waals surface area contributed by atoms with Crippen LogP contribution in [0, 0.1) is 10.1 Å². The van der Waals surface area contributed by atoms with Crippen LogP contribution in [0.15, 0.2) is 54.6 Å². The Morgan fingerprint density at radius 1 is 1.17 bits per heavy atom.